The Morgan fingerprint density at radius 3 is 2.33 bits per heavy atom. The summed E-state index contributed by atoms with van der Waals surface area (Å²) in [6.07, 6.45) is -5.18. The van der Waals surface area contributed by atoms with Crippen LogP contribution in [0, 0.1) is 0 Å². The lowest BCUT2D eigenvalue weighted by atomic mass is 10.0. The van der Waals surface area contributed by atoms with E-state index >= 15 is 0 Å². The first-order valence-corrected chi connectivity index (χ1v) is 6.36. The van der Waals surface area contributed by atoms with E-state index in [-0.39, 0.29) is 13.0 Å². The van der Waals surface area contributed by atoms with Crippen LogP contribution in [0.3, 0.4) is 0 Å². The van der Waals surface area contributed by atoms with Crippen molar-refractivity contribution in [2.24, 2.45) is 0 Å². The number of alkyl halides is 5. The van der Waals surface area contributed by atoms with E-state index < -0.39 is 41.4 Å². The lowest BCUT2D eigenvalue weighted by Crippen LogP contribution is -2.21. The van der Waals surface area contributed by atoms with Gasteiger partial charge in [0.05, 0.1) is 6.61 Å². The van der Waals surface area contributed by atoms with Gasteiger partial charge in [0.1, 0.15) is 11.3 Å². The summed E-state index contributed by atoms with van der Waals surface area (Å²) in [5.74, 6) is -5.11. The highest BCUT2D eigenvalue weighted by molar-refractivity contribution is 5.92. The minimum absolute atomic E-state index is 0.0868. The van der Waals surface area contributed by atoms with Gasteiger partial charge in [0.2, 0.25) is 0 Å². The molecule has 0 saturated heterocycles. The maximum absolute atomic E-state index is 13.9. The van der Waals surface area contributed by atoms with Crippen LogP contribution in [0.1, 0.15) is 54.9 Å². The van der Waals surface area contributed by atoms with E-state index in [0.717, 1.165) is 0 Å². The number of rotatable bonds is 6. The fourth-order valence-electron chi connectivity index (χ4n) is 1.73. The third-order valence-corrected chi connectivity index (χ3v) is 2.72. The van der Waals surface area contributed by atoms with Crippen molar-refractivity contribution in [3.63, 3.8) is 0 Å². The van der Waals surface area contributed by atoms with Gasteiger partial charge >= 0.3 is 12.1 Å². The molecule has 0 aliphatic rings. The van der Waals surface area contributed by atoms with Crippen LogP contribution in [0.15, 0.2) is 0 Å². The Bertz CT molecular complexity index is 496. The molecule has 0 spiro atoms. The minimum Gasteiger partial charge on any atom is -0.462 e. The van der Waals surface area contributed by atoms with Gasteiger partial charge < -0.3 is 4.74 Å². The summed E-state index contributed by atoms with van der Waals surface area (Å²) in [7, 11) is 0. The topological polar surface area (TPSA) is 55.0 Å². The molecule has 1 N–H and O–H groups in total. The number of halogens is 5. The molecule has 9 heteroatoms. The predicted molar refractivity (Wildman–Crippen MR) is 63.0 cm³/mol. The summed E-state index contributed by atoms with van der Waals surface area (Å²) >= 11 is 0. The van der Waals surface area contributed by atoms with Crippen LogP contribution in [-0.2, 0) is 16.8 Å². The van der Waals surface area contributed by atoms with E-state index in [1.807, 2.05) is 0 Å². The molecule has 21 heavy (non-hydrogen) atoms. The average Bonchev–Trinajstić information content (AvgIpc) is 2.82. The van der Waals surface area contributed by atoms with Gasteiger partial charge in [-0.25, -0.2) is 4.79 Å². The Labute approximate surface area is 117 Å². The average molecular weight is 314 g/mol. The number of unbranched alkanes of at least 4 members (excludes halogenated alkanes) is 1. The standard InChI is InChI=1S/C12H15F5N2O2/c1-3-5-6-11(13,14)8-7(10(20)21-4-2)9(19-18-8)12(15,16)17/h3-6H2,1-2H3,(H,18,19). The fourth-order valence-corrected chi connectivity index (χ4v) is 1.73. The van der Waals surface area contributed by atoms with Crippen molar-refractivity contribution in [2.45, 2.75) is 45.2 Å². The molecule has 0 aliphatic heterocycles. The third kappa shape index (κ3) is 3.92. The van der Waals surface area contributed by atoms with Gasteiger partial charge in [0.15, 0.2) is 5.69 Å². The molecule has 1 heterocycles. The molecular weight excluding hydrogens is 299 g/mol. The minimum atomic E-state index is -5.01. The predicted octanol–water partition coefficient (Wildman–Crippen LogP) is 3.89. The molecule has 120 valence electrons. The zero-order valence-corrected chi connectivity index (χ0v) is 11.5. The molecule has 0 aromatic carbocycles. The van der Waals surface area contributed by atoms with Crippen LogP contribution < -0.4 is 0 Å². The summed E-state index contributed by atoms with van der Waals surface area (Å²) in [6, 6.07) is 0. The van der Waals surface area contributed by atoms with Gasteiger partial charge in [-0.2, -0.15) is 27.1 Å². The summed E-state index contributed by atoms with van der Waals surface area (Å²) in [4.78, 5) is 11.6. The zero-order valence-electron chi connectivity index (χ0n) is 11.5. The summed E-state index contributed by atoms with van der Waals surface area (Å²) in [6.45, 7) is 2.79. The van der Waals surface area contributed by atoms with Crippen molar-refractivity contribution in [3.8, 4) is 0 Å². The first-order valence-electron chi connectivity index (χ1n) is 6.36. The highest BCUT2D eigenvalue weighted by Gasteiger charge is 2.46. The number of carbonyl (C=O) groups is 1. The van der Waals surface area contributed by atoms with Gasteiger partial charge in [0, 0.05) is 6.42 Å². The lowest BCUT2D eigenvalue weighted by Gasteiger charge is -2.15. The Balaban J connectivity index is 3.33. The van der Waals surface area contributed by atoms with E-state index in [4.69, 9.17) is 0 Å². The molecule has 0 radical (unpaired) electrons. The Kier molecular flexibility index (Phi) is 5.30. The second-order valence-electron chi connectivity index (χ2n) is 4.35. The number of aromatic amines is 1. The number of hydrogen-bond donors (Lipinski definition) is 1. The SMILES string of the molecule is CCCCC(F)(F)c1n[nH]c(C(F)(F)F)c1C(=O)OCC. The molecule has 0 aliphatic carbocycles. The highest BCUT2D eigenvalue weighted by Crippen LogP contribution is 2.39. The number of ether oxygens (including phenoxy) is 1. The Morgan fingerprint density at radius 2 is 1.86 bits per heavy atom. The summed E-state index contributed by atoms with van der Waals surface area (Å²) < 4.78 is 70.7. The molecule has 0 fully saturated rings. The smallest absolute Gasteiger partial charge is 0.433 e. The molecule has 1 aromatic rings. The molecule has 0 saturated carbocycles. The molecule has 0 atom stereocenters. The molecule has 0 amide bonds. The van der Waals surface area contributed by atoms with Crippen molar-refractivity contribution in [3.05, 3.63) is 17.0 Å². The number of H-pyrrole nitrogens is 1. The first-order chi connectivity index (χ1) is 9.65. The van der Waals surface area contributed by atoms with Crippen LogP contribution in [-0.4, -0.2) is 22.8 Å². The van der Waals surface area contributed by atoms with Gasteiger partial charge in [-0.05, 0) is 13.3 Å². The lowest BCUT2D eigenvalue weighted by molar-refractivity contribution is -0.141. The van der Waals surface area contributed by atoms with Gasteiger partial charge in [-0.1, -0.05) is 13.3 Å². The Hall–Kier alpha value is -1.67. The van der Waals surface area contributed by atoms with Crippen LogP contribution in [0.2, 0.25) is 0 Å². The molecule has 4 nitrogen and oxygen atoms in total. The van der Waals surface area contributed by atoms with Crippen molar-refractivity contribution in [1.82, 2.24) is 10.2 Å². The normalized spacial score (nSPS) is 12.5. The van der Waals surface area contributed by atoms with Crippen LogP contribution >= 0.6 is 0 Å². The molecule has 0 unspecified atom stereocenters. The third-order valence-electron chi connectivity index (χ3n) is 2.72. The largest absolute Gasteiger partial charge is 0.462 e. The van der Waals surface area contributed by atoms with E-state index in [0.29, 0.717) is 6.42 Å². The van der Waals surface area contributed by atoms with E-state index in [1.54, 1.807) is 6.92 Å². The van der Waals surface area contributed by atoms with Crippen molar-refractivity contribution in [1.29, 1.82) is 0 Å². The van der Waals surface area contributed by atoms with Gasteiger partial charge in [0.25, 0.3) is 5.92 Å². The Morgan fingerprint density at radius 1 is 1.24 bits per heavy atom. The molecule has 1 aromatic heterocycles. The van der Waals surface area contributed by atoms with Crippen molar-refractivity contribution >= 4 is 5.97 Å². The summed E-state index contributed by atoms with van der Waals surface area (Å²) in [5.41, 5.74) is -4.08. The number of nitrogens with one attached hydrogen (secondary N) is 1. The fraction of sp³-hybridized carbons (Fsp3) is 0.667. The second kappa shape index (κ2) is 6.40. The second-order valence-corrected chi connectivity index (χ2v) is 4.35. The number of carbonyl (C=O) groups excluding carboxylic acids is 1. The van der Waals surface area contributed by atoms with Gasteiger partial charge in [-0.3, -0.25) is 5.10 Å². The molecule has 1 rings (SSSR count). The van der Waals surface area contributed by atoms with Crippen LogP contribution in [0.4, 0.5) is 22.0 Å². The summed E-state index contributed by atoms with van der Waals surface area (Å²) in [5, 5.41) is 4.50. The zero-order chi connectivity index (χ0) is 16.3. The number of hydrogen-bond acceptors (Lipinski definition) is 3. The van der Waals surface area contributed by atoms with E-state index in [1.165, 1.54) is 12.0 Å². The van der Waals surface area contributed by atoms with Crippen LogP contribution in [0.5, 0.6) is 0 Å². The van der Waals surface area contributed by atoms with Crippen molar-refractivity contribution < 1.29 is 31.5 Å². The molecule has 0 bridgehead atoms. The maximum Gasteiger partial charge on any atom is 0.433 e. The highest BCUT2D eigenvalue weighted by atomic mass is 19.4. The quantitative estimate of drug-likeness (QED) is 0.640. The van der Waals surface area contributed by atoms with E-state index in [2.05, 4.69) is 9.84 Å². The van der Waals surface area contributed by atoms with Crippen LogP contribution in [0.25, 0.3) is 0 Å². The van der Waals surface area contributed by atoms with Gasteiger partial charge in [-0.15, -0.1) is 0 Å². The number of esters is 1. The molecular formula is C12H15F5N2O2. The van der Waals surface area contributed by atoms with E-state index in [9.17, 15) is 26.7 Å². The maximum atomic E-state index is 13.9. The monoisotopic (exact) mass is 314 g/mol. The number of nitrogens with zero attached hydrogens (tertiary/aromatic N) is 1. The number of aromatic nitrogens is 2. The van der Waals surface area contributed by atoms with Crippen molar-refractivity contribution in [2.75, 3.05) is 6.61 Å². The first kappa shape index (κ1) is 17.4.